The van der Waals surface area contributed by atoms with E-state index in [0.717, 1.165) is 5.56 Å². The number of phenolic OH excluding ortho intramolecular Hbond substituents is 4. The Labute approximate surface area is 450 Å². The summed E-state index contributed by atoms with van der Waals surface area (Å²) in [4.78, 5) is 65.2. The van der Waals surface area contributed by atoms with E-state index in [1.54, 1.807) is 19.1 Å². The Kier molecular flexibility index (Phi) is 17.1. The second-order valence-electron chi connectivity index (χ2n) is 19.5. The molecule has 25 heteroatoms. The molecule has 422 valence electrons. The predicted octanol–water partition coefficient (Wildman–Crippen LogP) is 1.59. The van der Waals surface area contributed by atoms with Gasteiger partial charge in [0.2, 0.25) is 11.7 Å². The van der Waals surface area contributed by atoms with Gasteiger partial charge in [-0.15, -0.1) is 0 Å². The van der Waals surface area contributed by atoms with Gasteiger partial charge in [0.25, 0.3) is 5.91 Å². The van der Waals surface area contributed by atoms with Crippen LogP contribution in [0.4, 0.5) is 0 Å². The van der Waals surface area contributed by atoms with Gasteiger partial charge in [0.1, 0.15) is 29.0 Å². The van der Waals surface area contributed by atoms with E-state index >= 15 is 0 Å². The molecule has 2 saturated heterocycles. The zero-order valence-electron chi connectivity index (χ0n) is 43.2. The fraction of sp³-hybridized carbons (Fsp3) is 0.444. The number of aromatic hydroxyl groups is 4. The van der Waals surface area contributed by atoms with E-state index in [1.165, 1.54) is 34.9 Å². The van der Waals surface area contributed by atoms with Crippen molar-refractivity contribution in [1.29, 1.82) is 0 Å². The highest BCUT2D eigenvalue weighted by atomic mass is 16.7. The van der Waals surface area contributed by atoms with Gasteiger partial charge in [-0.25, -0.2) is 10.2 Å². The van der Waals surface area contributed by atoms with Gasteiger partial charge in [-0.2, -0.15) is 5.10 Å². The molecule has 2 aliphatic heterocycles. The van der Waals surface area contributed by atoms with Crippen LogP contribution in [0, 0.1) is 6.92 Å². The predicted molar refractivity (Wildman–Crippen MR) is 274 cm³/mol. The summed E-state index contributed by atoms with van der Waals surface area (Å²) in [5.41, 5.74) is 5.66. The van der Waals surface area contributed by atoms with Crippen LogP contribution in [0.5, 0.6) is 28.7 Å². The van der Waals surface area contributed by atoms with Crippen molar-refractivity contribution in [2.45, 2.75) is 82.0 Å². The van der Waals surface area contributed by atoms with Gasteiger partial charge in [-0.1, -0.05) is 24.3 Å². The lowest BCUT2D eigenvalue weighted by molar-refractivity contribution is -0.219. The minimum Gasteiger partial charge on any atom is -0.507 e. The molecule has 9 rings (SSSR count). The number of hydrazone groups is 1. The van der Waals surface area contributed by atoms with Crippen molar-refractivity contribution in [3.05, 3.63) is 110 Å². The third-order valence-electron chi connectivity index (χ3n) is 13.9. The Balaban J connectivity index is 0.660. The molecule has 6 atom stereocenters. The molecular weight excluding hydrogens is 1040 g/mol. The Hall–Kier alpha value is -7.30. The van der Waals surface area contributed by atoms with Crippen LogP contribution in [0.15, 0.2) is 68.9 Å². The third kappa shape index (κ3) is 12.3. The number of amides is 2. The Bertz CT molecular complexity index is 3230. The number of nitrogens with zero attached hydrogens (tertiary/aromatic N) is 2. The number of fused-ring (bicyclic) bond motifs is 5. The second kappa shape index (κ2) is 24.0. The number of hydrogen-bond acceptors (Lipinski definition) is 22. The number of carbonyl (C=O) groups is 4. The van der Waals surface area contributed by atoms with Gasteiger partial charge in [-0.3, -0.25) is 23.7 Å². The van der Waals surface area contributed by atoms with E-state index in [9.17, 15) is 54.6 Å². The van der Waals surface area contributed by atoms with Crippen molar-refractivity contribution >= 4 is 40.2 Å². The first-order chi connectivity index (χ1) is 37.9. The highest BCUT2D eigenvalue weighted by Gasteiger charge is 2.62. The summed E-state index contributed by atoms with van der Waals surface area (Å²) in [7, 11) is 0. The number of ether oxygens (including phenoxy) is 8. The second-order valence-corrected chi connectivity index (χ2v) is 19.5. The van der Waals surface area contributed by atoms with E-state index in [1.807, 2.05) is 19.1 Å². The number of ketones is 2. The minimum absolute atomic E-state index is 0.0267. The molecule has 2 fully saturated rings. The highest BCUT2D eigenvalue weighted by Crippen LogP contribution is 2.53. The smallest absolute Gasteiger partial charge is 0.420 e. The van der Waals surface area contributed by atoms with E-state index < -0.39 is 113 Å². The third-order valence-corrected chi connectivity index (χ3v) is 13.9. The number of aliphatic hydroxyl groups is 2. The van der Waals surface area contributed by atoms with Gasteiger partial charge in [-0.05, 0) is 55.3 Å². The van der Waals surface area contributed by atoms with Crippen molar-refractivity contribution in [3.8, 4) is 28.7 Å². The number of nitrogens with one attached hydrogen (secondary N) is 2. The van der Waals surface area contributed by atoms with Crippen LogP contribution in [0.3, 0.4) is 0 Å². The summed E-state index contributed by atoms with van der Waals surface area (Å²) >= 11 is 0. The number of carbonyl (C=O) groups excluding carboxylic acids is 4. The number of aliphatic hydroxyl groups excluding tert-OH is 1. The molecule has 1 aromatic heterocycles. The summed E-state index contributed by atoms with van der Waals surface area (Å²) < 4.78 is 52.2. The number of oxazole rings is 1. The van der Waals surface area contributed by atoms with Crippen LogP contribution >= 0.6 is 0 Å². The molecular formula is C54H61N5O20. The summed E-state index contributed by atoms with van der Waals surface area (Å²) in [6.07, 6.45) is -4.60. The van der Waals surface area contributed by atoms with Crippen molar-refractivity contribution in [1.82, 2.24) is 15.3 Å². The van der Waals surface area contributed by atoms with E-state index in [-0.39, 0.29) is 125 Å². The van der Waals surface area contributed by atoms with Crippen LogP contribution in [0.2, 0.25) is 0 Å². The standard InChI is InChI=1S/C54H61N5O20/c1-28-6-8-36-33(20-28)59(52(69)78-36)25-30-7-9-37(35(62)21-30)75-27-41(64)56-11-13-72-15-17-74-19-18-73-16-14-71-12-10-40(63)58-57-39(26-60)53(70)22-32-44(38(23-53)77-42-24-54(55)51(79-54)29(2)76-42)50(68)46-45(48(32)66)47(65)31-4-3-5-34(61)43(31)49(46)67/h3-9,20-21,29,38,42,51,60-62,66,68,70H,10-19,22-27,55H2,1-2H3,(H,56,64)(H,58,63)/b57-39+. The summed E-state index contributed by atoms with van der Waals surface area (Å²) in [6.45, 7) is 4.32. The van der Waals surface area contributed by atoms with Crippen LogP contribution in [-0.2, 0) is 55.7 Å². The Morgan fingerprint density at radius 3 is 2.25 bits per heavy atom. The first-order valence-corrected chi connectivity index (χ1v) is 25.5. The number of phenols is 4. The van der Waals surface area contributed by atoms with Crippen molar-refractivity contribution in [3.63, 3.8) is 0 Å². The molecule has 0 saturated carbocycles. The van der Waals surface area contributed by atoms with Gasteiger partial charge in [0.05, 0.1) is 113 Å². The van der Waals surface area contributed by atoms with Crippen molar-refractivity contribution in [2.24, 2.45) is 10.8 Å². The maximum atomic E-state index is 13.8. The zero-order valence-corrected chi connectivity index (χ0v) is 43.2. The van der Waals surface area contributed by atoms with Crippen molar-refractivity contribution in [2.75, 3.05) is 72.6 Å². The lowest BCUT2D eigenvalue weighted by Crippen LogP contribution is -2.50. The molecule has 2 aliphatic carbocycles. The molecule has 4 aliphatic rings. The number of aryl methyl sites for hydroxylation is 1. The molecule has 6 unspecified atom stereocenters. The molecule has 4 aromatic carbocycles. The van der Waals surface area contributed by atoms with Gasteiger partial charge in [0.15, 0.2) is 41.5 Å². The SMILES string of the molecule is Cc1ccc2oc(=O)n(Cc3ccc(OCC(=O)NCCOCCOCCOCCOCCC(=O)N/N=C(\CO)C4(O)Cc5c(O)c6c(c(O)c5C(OC5CC7(N)OC7C(C)O5)C4)C(=O)c4c(O)cccc4C6=O)c(O)c3)c2c1. The van der Waals surface area contributed by atoms with E-state index in [4.69, 9.17) is 48.0 Å². The van der Waals surface area contributed by atoms with Gasteiger partial charge >= 0.3 is 5.76 Å². The van der Waals surface area contributed by atoms with Gasteiger partial charge < -0.3 is 84.0 Å². The number of nitrogens with two attached hydrogens (primary N) is 1. The monoisotopic (exact) mass is 1100 g/mol. The molecule has 0 radical (unpaired) electrons. The van der Waals surface area contributed by atoms with Crippen LogP contribution in [0.25, 0.3) is 11.1 Å². The number of benzene rings is 4. The number of epoxide rings is 1. The zero-order chi connectivity index (χ0) is 56.2. The quantitative estimate of drug-likeness (QED) is 0.0129. The first kappa shape index (κ1) is 56.4. The highest BCUT2D eigenvalue weighted by molar-refractivity contribution is 6.31. The van der Waals surface area contributed by atoms with Crippen LogP contribution < -0.4 is 27.0 Å². The molecule has 5 aromatic rings. The van der Waals surface area contributed by atoms with E-state index in [2.05, 4.69) is 15.8 Å². The lowest BCUT2D eigenvalue weighted by Gasteiger charge is -2.41. The normalized spacial score (nSPS) is 22.2. The average Bonchev–Trinajstić information content (AvgIpc) is 3.25. The maximum absolute atomic E-state index is 13.8. The van der Waals surface area contributed by atoms with Crippen molar-refractivity contribution < 1.29 is 92.1 Å². The molecule has 3 heterocycles. The molecule has 2 amide bonds. The summed E-state index contributed by atoms with van der Waals surface area (Å²) in [5.74, 6) is -5.46. The molecule has 79 heavy (non-hydrogen) atoms. The number of hydrogen-bond donors (Lipinski definition) is 9. The minimum atomic E-state index is -2.19. The van der Waals surface area contributed by atoms with E-state index in [0.29, 0.717) is 16.7 Å². The Morgan fingerprint density at radius 1 is 0.835 bits per heavy atom. The largest absolute Gasteiger partial charge is 0.507 e. The van der Waals surface area contributed by atoms with Crippen LogP contribution in [-0.4, -0.2) is 167 Å². The molecule has 25 nitrogen and oxygen atoms in total. The first-order valence-electron chi connectivity index (χ1n) is 25.5. The average molecular weight is 1100 g/mol. The number of aromatic nitrogens is 1. The fourth-order valence-corrected chi connectivity index (χ4v) is 9.98. The molecule has 0 bridgehead atoms. The van der Waals surface area contributed by atoms with Crippen LogP contribution in [0.1, 0.15) is 86.4 Å². The lowest BCUT2D eigenvalue weighted by atomic mass is 9.71. The number of rotatable bonds is 25. The fourth-order valence-electron chi connectivity index (χ4n) is 9.98. The Morgan fingerprint density at radius 2 is 1.54 bits per heavy atom. The summed E-state index contributed by atoms with van der Waals surface area (Å²) in [5, 5.41) is 74.1. The maximum Gasteiger partial charge on any atom is 0.420 e. The van der Waals surface area contributed by atoms with Gasteiger partial charge in [0, 0.05) is 42.5 Å². The molecule has 10 N–H and O–H groups in total. The summed E-state index contributed by atoms with van der Waals surface area (Å²) in [6, 6.07) is 13.9. The topological polar surface area (TPSA) is 364 Å². The molecule has 0 spiro atoms.